The first-order valence-electron chi connectivity index (χ1n) is 11.9. The van der Waals surface area contributed by atoms with Crippen LogP contribution in [0.2, 0.25) is 20.1 Å². The zero-order chi connectivity index (χ0) is 29.4. The molecule has 0 saturated carbocycles. The Morgan fingerprint density at radius 2 is 1.12 bits per heavy atom. The van der Waals surface area contributed by atoms with Gasteiger partial charge in [0.2, 0.25) is 0 Å². The molecule has 0 radical (unpaired) electrons. The van der Waals surface area contributed by atoms with Gasteiger partial charge in [-0.2, -0.15) is 0 Å². The van der Waals surface area contributed by atoms with Gasteiger partial charge in [-0.3, -0.25) is 4.79 Å². The lowest BCUT2D eigenvalue weighted by molar-refractivity contribution is -0.120. The molecule has 4 aromatic carbocycles. The molecule has 0 saturated heterocycles. The number of halogens is 4. The topological polar surface area (TPSA) is 78.4 Å². The molecule has 1 heterocycles. The average Bonchev–Trinajstić information content (AvgIpc) is 2.93. The summed E-state index contributed by atoms with van der Waals surface area (Å²) in [5, 5.41) is 2.09. The molecule has 0 fully saturated rings. The molecule has 5 aromatic rings. The number of hydrogen-bond acceptors (Lipinski definition) is 6. The number of ether oxygens (including phenoxy) is 2. The van der Waals surface area contributed by atoms with Crippen molar-refractivity contribution in [3.8, 4) is 34.0 Å². The fraction of sp³-hybridized carbons (Fsp3) is 0.0323. The maximum atomic E-state index is 12.4. The molecule has 1 aromatic heterocycles. The van der Waals surface area contributed by atoms with Gasteiger partial charge in [0.15, 0.2) is 0 Å². The number of esters is 1. The van der Waals surface area contributed by atoms with Gasteiger partial charge >= 0.3 is 5.97 Å². The minimum Gasteiger partial charge on any atom is -0.429 e. The summed E-state index contributed by atoms with van der Waals surface area (Å²) in [7, 11) is 0. The Morgan fingerprint density at radius 3 is 1.59 bits per heavy atom. The lowest BCUT2D eigenvalue weighted by Gasteiger charge is -2.08. The quantitative estimate of drug-likeness (QED) is 0.106. The molecule has 6 nitrogen and oxygen atoms in total. The third-order valence-corrected chi connectivity index (χ3v) is 6.34. The summed E-state index contributed by atoms with van der Waals surface area (Å²) in [6, 6.07) is 25.7. The monoisotopic (exact) mass is 624 g/mol. The molecule has 0 aliphatic carbocycles. The zero-order valence-corrected chi connectivity index (χ0v) is 24.4. The van der Waals surface area contributed by atoms with Crippen molar-refractivity contribution in [1.82, 2.24) is 9.97 Å². The Balaban J connectivity index is 0.000000367. The van der Waals surface area contributed by atoms with E-state index in [0.29, 0.717) is 49.4 Å². The molecule has 5 rings (SSSR count). The highest BCUT2D eigenvalue weighted by atomic mass is 35.5. The fourth-order valence-corrected chi connectivity index (χ4v) is 4.82. The van der Waals surface area contributed by atoms with Crippen LogP contribution >= 0.6 is 46.4 Å². The second kappa shape index (κ2) is 14.1. The van der Waals surface area contributed by atoms with E-state index in [1.807, 2.05) is 25.1 Å². The Kier molecular flexibility index (Phi) is 10.3. The van der Waals surface area contributed by atoms with Crippen molar-refractivity contribution >= 4 is 58.8 Å². The number of carbonyl (C=O) groups is 2. The highest BCUT2D eigenvalue weighted by Crippen LogP contribution is 2.27. The number of benzene rings is 4. The van der Waals surface area contributed by atoms with E-state index >= 15 is 0 Å². The van der Waals surface area contributed by atoms with Crippen molar-refractivity contribution in [2.24, 2.45) is 0 Å². The first-order chi connectivity index (χ1) is 19.7. The van der Waals surface area contributed by atoms with E-state index in [1.165, 1.54) is 24.5 Å². The number of nitrogens with zero attached hydrogens (tertiary/aromatic N) is 2. The second-order valence-corrected chi connectivity index (χ2v) is 10.3. The first kappa shape index (κ1) is 30.0. The van der Waals surface area contributed by atoms with Crippen LogP contribution in [0.1, 0.15) is 15.9 Å². The molecule has 0 atom stereocenters. The van der Waals surface area contributed by atoms with Gasteiger partial charge in [-0.05, 0) is 103 Å². The molecule has 0 N–H and O–H groups in total. The van der Waals surface area contributed by atoms with Crippen LogP contribution in [0.5, 0.6) is 11.5 Å². The van der Waals surface area contributed by atoms with Crippen LogP contribution in [0.25, 0.3) is 22.5 Å². The summed E-state index contributed by atoms with van der Waals surface area (Å²) in [4.78, 5) is 31.4. The van der Waals surface area contributed by atoms with Gasteiger partial charge in [0.25, 0.3) is 6.47 Å². The Morgan fingerprint density at radius 1 is 0.659 bits per heavy atom. The molecule has 0 aliphatic rings. The molecule has 206 valence electrons. The molecule has 0 bridgehead atoms. The maximum Gasteiger partial charge on any atom is 0.343 e. The van der Waals surface area contributed by atoms with Crippen LogP contribution in [0, 0.1) is 6.92 Å². The van der Waals surface area contributed by atoms with Crippen molar-refractivity contribution < 1.29 is 19.1 Å². The third-order valence-electron chi connectivity index (χ3n) is 5.47. The van der Waals surface area contributed by atoms with Crippen LogP contribution < -0.4 is 9.47 Å². The predicted molar refractivity (Wildman–Crippen MR) is 162 cm³/mol. The highest BCUT2D eigenvalue weighted by molar-refractivity contribution is 6.35. The minimum atomic E-state index is -0.562. The molecule has 0 amide bonds. The fourth-order valence-electron chi connectivity index (χ4n) is 3.66. The van der Waals surface area contributed by atoms with Gasteiger partial charge in [0.1, 0.15) is 17.8 Å². The van der Waals surface area contributed by atoms with Gasteiger partial charge < -0.3 is 9.47 Å². The van der Waals surface area contributed by atoms with Crippen molar-refractivity contribution in [2.75, 3.05) is 0 Å². The number of hydrogen-bond donors (Lipinski definition) is 0. The summed E-state index contributed by atoms with van der Waals surface area (Å²) in [6.45, 7) is 2.33. The van der Waals surface area contributed by atoms with Crippen molar-refractivity contribution in [1.29, 1.82) is 0 Å². The number of rotatable bonds is 6. The molecule has 0 aliphatic heterocycles. The lowest BCUT2D eigenvalue weighted by atomic mass is 10.1. The Hall–Kier alpha value is -3.94. The van der Waals surface area contributed by atoms with Crippen LogP contribution in [-0.4, -0.2) is 22.4 Å². The van der Waals surface area contributed by atoms with E-state index in [1.54, 1.807) is 54.6 Å². The average molecular weight is 626 g/mol. The van der Waals surface area contributed by atoms with E-state index in [-0.39, 0.29) is 5.56 Å². The summed E-state index contributed by atoms with van der Waals surface area (Å²) in [5.41, 5.74) is 4.42. The van der Waals surface area contributed by atoms with Gasteiger partial charge in [-0.25, -0.2) is 14.8 Å². The summed E-state index contributed by atoms with van der Waals surface area (Å²) < 4.78 is 10.2. The molecule has 0 unspecified atom stereocenters. The van der Waals surface area contributed by atoms with E-state index in [0.717, 1.165) is 16.7 Å². The van der Waals surface area contributed by atoms with Gasteiger partial charge in [-0.15, -0.1) is 0 Å². The number of aromatic nitrogens is 2. The Labute approximate surface area is 256 Å². The second-order valence-electron chi connectivity index (χ2n) is 8.55. The van der Waals surface area contributed by atoms with Crippen molar-refractivity contribution in [3.63, 3.8) is 0 Å². The van der Waals surface area contributed by atoms with Gasteiger partial charge in [-0.1, -0.05) is 46.4 Å². The minimum absolute atomic E-state index is 0.261. The SMILES string of the molecule is Cc1cc(Cl)cc(Cl)c1.O=COc1ccc(-c2cc(-c3ccc(OC(=O)c4cc(Cl)cc(Cl)c4)cc3)ncn2)cc1. The molecule has 41 heavy (non-hydrogen) atoms. The standard InChI is InChI=1S/C24H14Cl2N2O4.C7H6Cl2/c25-18-9-17(10-19(26)11-18)24(30)32-21-7-3-16(4-8-21)23-12-22(27-13-28-23)15-1-5-20(6-2-15)31-14-29;1-5-2-6(8)4-7(9)3-5/h1-14H;2-4H,1H3. The molecule has 10 heteroatoms. The van der Waals surface area contributed by atoms with E-state index in [2.05, 4.69) is 9.97 Å². The third kappa shape index (κ3) is 8.77. The number of aryl methyl sites for hydroxylation is 1. The van der Waals surface area contributed by atoms with E-state index in [9.17, 15) is 9.59 Å². The van der Waals surface area contributed by atoms with Gasteiger partial charge in [0.05, 0.1) is 17.0 Å². The summed E-state index contributed by atoms with van der Waals surface area (Å²) >= 11 is 23.2. The lowest BCUT2D eigenvalue weighted by Crippen LogP contribution is -2.08. The van der Waals surface area contributed by atoms with Gasteiger partial charge in [0, 0.05) is 31.2 Å². The number of carbonyl (C=O) groups excluding carboxylic acids is 2. The summed E-state index contributed by atoms with van der Waals surface area (Å²) in [5.74, 6) is 0.256. The largest absolute Gasteiger partial charge is 0.429 e. The first-order valence-corrected chi connectivity index (χ1v) is 13.5. The van der Waals surface area contributed by atoms with Crippen LogP contribution in [0.3, 0.4) is 0 Å². The smallest absolute Gasteiger partial charge is 0.343 e. The Bertz CT molecular complexity index is 1610. The summed E-state index contributed by atoms with van der Waals surface area (Å²) in [6.07, 6.45) is 1.47. The zero-order valence-electron chi connectivity index (χ0n) is 21.4. The van der Waals surface area contributed by atoms with Crippen LogP contribution in [-0.2, 0) is 4.79 Å². The normalized spacial score (nSPS) is 10.3. The molecular formula is C31H20Cl4N2O4. The van der Waals surface area contributed by atoms with E-state index < -0.39 is 5.97 Å². The molecule has 0 spiro atoms. The van der Waals surface area contributed by atoms with Crippen LogP contribution in [0.15, 0.2) is 97.3 Å². The maximum absolute atomic E-state index is 12.4. The predicted octanol–water partition coefficient (Wildman–Crippen LogP) is 9.17. The highest BCUT2D eigenvalue weighted by Gasteiger charge is 2.11. The van der Waals surface area contributed by atoms with E-state index in [4.69, 9.17) is 55.9 Å². The molecular weight excluding hydrogens is 606 g/mol. The van der Waals surface area contributed by atoms with Crippen molar-refractivity contribution in [3.05, 3.63) is 129 Å². The van der Waals surface area contributed by atoms with Crippen molar-refractivity contribution in [2.45, 2.75) is 6.92 Å². The van der Waals surface area contributed by atoms with Crippen LogP contribution in [0.4, 0.5) is 0 Å².